The molecule has 0 bridgehead atoms. The van der Waals surface area contributed by atoms with Crippen LogP contribution in [-0.2, 0) is 13.2 Å². The van der Waals surface area contributed by atoms with Gasteiger partial charge in [0.15, 0.2) is 5.75 Å². The van der Waals surface area contributed by atoms with Crippen LogP contribution in [0.2, 0.25) is 10.0 Å². The Balaban J connectivity index is 2.11. The lowest BCUT2D eigenvalue weighted by atomic mass is 10.1. The van der Waals surface area contributed by atoms with E-state index in [4.69, 9.17) is 38.2 Å². The highest BCUT2D eigenvalue weighted by Gasteiger charge is 2.10. The van der Waals surface area contributed by atoms with Crippen LogP contribution in [0.3, 0.4) is 0 Å². The minimum atomic E-state index is -0.979. The summed E-state index contributed by atoms with van der Waals surface area (Å²) in [4.78, 5) is 10.8. The monoisotopic (exact) mass is 326 g/mol. The largest absolute Gasteiger partial charge is 0.486 e. The van der Waals surface area contributed by atoms with Gasteiger partial charge in [-0.25, -0.2) is 4.79 Å². The first-order valence-electron chi connectivity index (χ1n) is 6.05. The predicted octanol–water partition coefficient (Wildman–Crippen LogP) is 3.76. The maximum absolute atomic E-state index is 10.8. The summed E-state index contributed by atoms with van der Waals surface area (Å²) >= 11 is 12.1. The average molecular weight is 327 g/mol. The molecule has 21 heavy (non-hydrogen) atoms. The van der Waals surface area contributed by atoms with E-state index in [9.17, 15) is 4.79 Å². The number of carboxylic acids is 1. The summed E-state index contributed by atoms with van der Waals surface area (Å²) in [6, 6.07) is 9.48. The van der Waals surface area contributed by atoms with Crippen LogP contribution in [0.25, 0.3) is 0 Å². The summed E-state index contributed by atoms with van der Waals surface area (Å²) in [6.07, 6.45) is 0. The van der Waals surface area contributed by atoms with Crippen LogP contribution in [0.5, 0.6) is 5.75 Å². The van der Waals surface area contributed by atoms with Crippen LogP contribution in [0, 0.1) is 0 Å². The Kier molecular flexibility index (Phi) is 5.07. The van der Waals surface area contributed by atoms with Crippen molar-refractivity contribution >= 4 is 29.2 Å². The van der Waals surface area contributed by atoms with E-state index in [1.165, 1.54) is 12.1 Å². The highest BCUT2D eigenvalue weighted by atomic mass is 35.5. The number of aliphatic hydroxyl groups is 1. The summed E-state index contributed by atoms with van der Waals surface area (Å²) < 4.78 is 5.56. The standard InChI is InChI=1S/C15H12Cl2O4/c16-12-5-10(7-18)6-13(17)14(12)21-8-9-1-3-11(4-2-9)15(19)20/h1-6,18H,7-8H2,(H,19,20). The number of carbonyl (C=O) groups is 1. The number of hydrogen-bond donors (Lipinski definition) is 2. The second-order valence-electron chi connectivity index (χ2n) is 4.34. The van der Waals surface area contributed by atoms with Crippen molar-refractivity contribution in [3.63, 3.8) is 0 Å². The maximum atomic E-state index is 10.8. The molecular formula is C15H12Cl2O4. The van der Waals surface area contributed by atoms with Gasteiger partial charge in [-0.1, -0.05) is 35.3 Å². The molecule has 110 valence electrons. The summed E-state index contributed by atoms with van der Waals surface area (Å²) in [5.41, 5.74) is 1.60. The number of rotatable bonds is 5. The molecule has 0 atom stereocenters. The zero-order chi connectivity index (χ0) is 15.4. The van der Waals surface area contributed by atoms with Gasteiger partial charge in [0.1, 0.15) is 6.61 Å². The molecule has 0 aromatic heterocycles. The molecular weight excluding hydrogens is 315 g/mol. The Morgan fingerprint density at radius 3 is 2.10 bits per heavy atom. The number of ether oxygens (including phenoxy) is 1. The molecule has 2 N–H and O–H groups in total. The second-order valence-corrected chi connectivity index (χ2v) is 5.15. The van der Waals surface area contributed by atoms with Gasteiger partial charge in [-0.15, -0.1) is 0 Å². The topological polar surface area (TPSA) is 66.8 Å². The molecule has 0 amide bonds. The van der Waals surface area contributed by atoms with Crippen LogP contribution >= 0.6 is 23.2 Å². The normalized spacial score (nSPS) is 10.4. The molecule has 4 nitrogen and oxygen atoms in total. The van der Waals surface area contributed by atoms with Gasteiger partial charge in [-0.2, -0.15) is 0 Å². The van der Waals surface area contributed by atoms with Gasteiger partial charge in [-0.05, 0) is 35.4 Å². The Morgan fingerprint density at radius 1 is 1.05 bits per heavy atom. The molecule has 2 aromatic rings. The number of aromatic carboxylic acids is 1. The molecule has 0 aliphatic rings. The van der Waals surface area contributed by atoms with Crippen molar-refractivity contribution in [1.82, 2.24) is 0 Å². The van der Waals surface area contributed by atoms with Gasteiger partial charge in [0.25, 0.3) is 0 Å². The third-order valence-corrected chi connectivity index (χ3v) is 3.39. The molecule has 0 fully saturated rings. The fraction of sp³-hybridized carbons (Fsp3) is 0.133. The summed E-state index contributed by atoms with van der Waals surface area (Å²) in [7, 11) is 0. The Bertz CT molecular complexity index is 630. The minimum absolute atomic E-state index is 0.156. The zero-order valence-electron chi connectivity index (χ0n) is 10.8. The van der Waals surface area contributed by atoms with Crippen LogP contribution in [0.15, 0.2) is 36.4 Å². The van der Waals surface area contributed by atoms with E-state index in [2.05, 4.69) is 0 Å². The smallest absolute Gasteiger partial charge is 0.335 e. The molecule has 0 unspecified atom stereocenters. The van der Waals surface area contributed by atoms with Crippen LogP contribution in [0.4, 0.5) is 0 Å². The van der Waals surface area contributed by atoms with Gasteiger partial charge in [0.2, 0.25) is 0 Å². The molecule has 0 spiro atoms. The number of hydrogen-bond acceptors (Lipinski definition) is 3. The van der Waals surface area contributed by atoms with E-state index in [-0.39, 0.29) is 18.8 Å². The third kappa shape index (κ3) is 3.88. The fourth-order valence-corrected chi connectivity index (χ4v) is 2.38. The average Bonchev–Trinajstić information content (AvgIpc) is 2.46. The molecule has 6 heteroatoms. The highest BCUT2D eigenvalue weighted by molar-refractivity contribution is 6.37. The van der Waals surface area contributed by atoms with Gasteiger partial charge < -0.3 is 14.9 Å². The van der Waals surface area contributed by atoms with Crippen molar-refractivity contribution < 1.29 is 19.7 Å². The SMILES string of the molecule is O=C(O)c1ccc(COc2c(Cl)cc(CO)cc2Cl)cc1. The Labute approximate surface area is 131 Å². The first-order chi connectivity index (χ1) is 10.0. The molecule has 0 aliphatic heterocycles. The summed E-state index contributed by atoms with van der Waals surface area (Å²) in [6.45, 7) is 0.0498. The minimum Gasteiger partial charge on any atom is -0.486 e. The lowest BCUT2D eigenvalue weighted by molar-refractivity contribution is 0.0697. The zero-order valence-corrected chi connectivity index (χ0v) is 12.4. The van der Waals surface area contributed by atoms with E-state index < -0.39 is 5.97 Å². The quantitative estimate of drug-likeness (QED) is 0.877. The van der Waals surface area contributed by atoms with Gasteiger partial charge in [0.05, 0.1) is 22.2 Å². The molecule has 2 rings (SSSR count). The highest BCUT2D eigenvalue weighted by Crippen LogP contribution is 2.34. The number of halogens is 2. The molecule has 0 saturated carbocycles. The van der Waals surface area contributed by atoms with E-state index in [0.29, 0.717) is 21.4 Å². The predicted molar refractivity (Wildman–Crippen MR) is 80.1 cm³/mol. The van der Waals surface area contributed by atoms with Crippen molar-refractivity contribution in [2.75, 3.05) is 0 Å². The molecule has 0 aliphatic carbocycles. The number of carboxylic acid groups (broad SMARTS) is 1. The van der Waals surface area contributed by atoms with Crippen LogP contribution in [-0.4, -0.2) is 16.2 Å². The lowest BCUT2D eigenvalue weighted by Crippen LogP contribution is -2.00. The van der Waals surface area contributed by atoms with Crippen molar-refractivity contribution in [2.24, 2.45) is 0 Å². The van der Waals surface area contributed by atoms with Crippen molar-refractivity contribution in [3.05, 3.63) is 63.1 Å². The first-order valence-corrected chi connectivity index (χ1v) is 6.80. The molecule has 2 aromatic carbocycles. The Hall–Kier alpha value is -1.75. The van der Waals surface area contributed by atoms with Gasteiger partial charge >= 0.3 is 5.97 Å². The molecule has 0 saturated heterocycles. The van der Waals surface area contributed by atoms with Crippen molar-refractivity contribution in [3.8, 4) is 5.75 Å². The van der Waals surface area contributed by atoms with Gasteiger partial charge in [0, 0.05) is 0 Å². The number of aliphatic hydroxyl groups excluding tert-OH is 1. The van der Waals surface area contributed by atoms with Crippen LogP contribution in [0.1, 0.15) is 21.5 Å². The third-order valence-electron chi connectivity index (χ3n) is 2.82. The summed E-state index contributed by atoms with van der Waals surface area (Å²) in [5, 5.41) is 18.5. The van der Waals surface area contributed by atoms with Crippen molar-refractivity contribution in [2.45, 2.75) is 13.2 Å². The van der Waals surface area contributed by atoms with E-state index in [1.807, 2.05) is 0 Å². The number of benzene rings is 2. The lowest BCUT2D eigenvalue weighted by Gasteiger charge is -2.11. The van der Waals surface area contributed by atoms with E-state index >= 15 is 0 Å². The Morgan fingerprint density at radius 2 is 1.62 bits per heavy atom. The molecule has 0 heterocycles. The van der Waals surface area contributed by atoms with E-state index in [0.717, 1.165) is 5.56 Å². The maximum Gasteiger partial charge on any atom is 0.335 e. The fourth-order valence-electron chi connectivity index (χ4n) is 1.74. The van der Waals surface area contributed by atoms with E-state index in [1.54, 1.807) is 24.3 Å². The first kappa shape index (κ1) is 15.6. The van der Waals surface area contributed by atoms with Crippen LogP contribution < -0.4 is 4.74 Å². The molecule has 0 radical (unpaired) electrons. The van der Waals surface area contributed by atoms with Crippen molar-refractivity contribution in [1.29, 1.82) is 0 Å². The summed E-state index contributed by atoms with van der Waals surface area (Å²) in [5.74, 6) is -0.647. The second kappa shape index (κ2) is 6.80. The van der Waals surface area contributed by atoms with Gasteiger partial charge in [-0.3, -0.25) is 0 Å².